The third-order valence-corrected chi connectivity index (χ3v) is 5.76. The topological polar surface area (TPSA) is 52.6 Å². The summed E-state index contributed by atoms with van der Waals surface area (Å²) in [5.74, 6) is -0.0292. The molecule has 1 aliphatic carbocycles. The molecule has 9 heteroatoms. The van der Waals surface area contributed by atoms with Crippen molar-refractivity contribution in [2.45, 2.75) is 41.0 Å². The van der Waals surface area contributed by atoms with Crippen molar-refractivity contribution >= 4 is 21.9 Å². The highest BCUT2D eigenvalue weighted by Gasteiger charge is 2.49. The number of ether oxygens (including phenoxy) is 1. The highest BCUT2D eigenvalue weighted by atomic mass is 32.2. The summed E-state index contributed by atoms with van der Waals surface area (Å²) in [6.07, 6.45) is 3.80. The van der Waals surface area contributed by atoms with Gasteiger partial charge in [-0.15, -0.1) is 0 Å². The van der Waals surface area contributed by atoms with Crippen LogP contribution in [0.2, 0.25) is 0 Å². The van der Waals surface area contributed by atoms with Crippen molar-refractivity contribution in [3.05, 3.63) is 18.2 Å². The van der Waals surface area contributed by atoms with Crippen LogP contribution in [0, 0.1) is 0 Å². The quantitative estimate of drug-likeness (QED) is 0.607. The number of fused-ring (bicyclic) bond motifs is 1. The third-order valence-electron chi connectivity index (χ3n) is 3.36. The maximum Gasteiger partial charge on any atom is 0.534 e. The normalized spacial score (nSPS) is 20.3. The minimum atomic E-state index is -5.66. The van der Waals surface area contributed by atoms with Crippen LogP contribution in [0.1, 0.15) is 25.7 Å². The third kappa shape index (κ3) is 2.68. The van der Waals surface area contributed by atoms with Gasteiger partial charge >= 0.3 is 15.6 Å². The fourth-order valence-corrected chi connectivity index (χ4v) is 4.23. The Kier molecular flexibility index (Phi) is 3.32. The highest BCUT2D eigenvalue weighted by molar-refractivity contribution is 8.00. The largest absolute Gasteiger partial charge is 0.534 e. The van der Waals surface area contributed by atoms with Crippen LogP contribution in [0.15, 0.2) is 23.1 Å². The zero-order chi connectivity index (χ0) is 15.3. The van der Waals surface area contributed by atoms with Gasteiger partial charge < -0.3 is 8.92 Å². The molecule has 1 spiro atoms. The van der Waals surface area contributed by atoms with Crippen LogP contribution in [-0.4, -0.2) is 18.9 Å². The second-order valence-electron chi connectivity index (χ2n) is 4.91. The number of rotatable bonds is 2. The molecule has 1 aromatic rings. The molecular formula is C12H11F3O4S2. The van der Waals surface area contributed by atoms with E-state index in [2.05, 4.69) is 4.18 Å². The van der Waals surface area contributed by atoms with Gasteiger partial charge in [0, 0.05) is 6.07 Å². The Balaban J connectivity index is 1.83. The Morgan fingerprint density at radius 1 is 1.24 bits per heavy atom. The van der Waals surface area contributed by atoms with Crippen LogP contribution in [0.5, 0.6) is 11.5 Å². The Morgan fingerprint density at radius 2 is 1.90 bits per heavy atom. The van der Waals surface area contributed by atoms with E-state index in [0.717, 1.165) is 30.6 Å². The van der Waals surface area contributed by atoms with Crippen LogP contribution >= 0.6 is 11.8 Å². The average Bonchev–Trinajstić information content (AvgIpc) is 2.94. The van der Waals surface area contributed by atoms with Gasteiger partial charge in [-0.3, -0.25) is 0 Å². The van der Waals surface area contributed by atoms with Gasteiger partial charge in [0.25, 0.3) is 0 Å². The van der Waals surface area contributed by atoms with E-state index >= 15 is 0 Å². The molecule has 0 bridgehead atoms. The summed E-state index contributed by atoms with van der Waals surface area (Å²) in [7, 11) is -5.66. The SMILES string of the molecule is O=S(=O)(Oc1ccc2c(c1)OC1(CCCC1)S2)C(F)(F)F. The molecule has 0 amide bonds. The van der Waals surface area contributed by atoms with Crippen LogP contribution in [0.3, 0.4) is 0 Å². The summed E-state index contributed by atoms with van der Waals surface area (Å²) in [4.78, 5) is 0.429. The lowest BCUT2D eigenvalue weighted by molar-refractivity contribution is -0.0500. The van der Waals surface area contributed by atoms with E-state index in [1.165, 1.54) is 30.0 Å². The lowest BCUT2D eigenvalue weighted by Gasteiger charge is -2.20. The van der Waals surface area contributed by atoms with Gasteiger partial charge in [-0.25, -0.2) is 0 Å². The molecule has 1 saturated carbocycles. The molecule has 0 radical (unpaired) electrons. The Labute approximate surface area is 123 Å². The Bertz CT molecular complexity index is 664. The van der Waals surface area contributed by atoms with Crippen molar-refractivity contribution in [3.63, 3.8) is 0 Å². The summed E-state index contributed by atoms with van der Waals surface area (Å²) in [6.45, 7) is 0. The summed E-state index contributed by atoms with van der Waals surface area (Å²) in [5, 5.41) is 0. The first-order chi connectivity index (χ1) is 9.71. The van der Waals surface area contributed by atoms with Gasteiger partial charge in [-0.1, -0.05) is 11.8 Å². The molecule has 3 rings (SSSR count). The van der Waals surface area contributed by atoms with Gasteiger partial charge in [-0.2, -0.15) is 21.6 Å². The maximum absolute atomic E-state index is 12.3. The van der Waals surface area contributed by atoms with Crippen LogP contribution < -0.4 is 8.92 Å². The van der Waals surface area contributed by atoms with Gasteiger partial charge in [-0.05, 0) is 37.8 Å². The van der Waals surface area contributed by atoms with E-state index in [1.807, 2.05) is 0 Å². The number of hydrogen-bond acceptors (Lipinski definition) is 5. The molecule has 0 aromatic heterocycles. The zero-order valence-electron chi connectivity index (χ0n) is 10.6. The Morgan fingerprint density at radius 3 is 2.52 bits per heavy atom. The van der Waals surface area contributed by atoms with E-state index in [0.29, 0.717) is 5.75 Å². The average molecular weight is 340 g/mol. The number of hydrogen-bond donors (Lipinski definition) is 0. The van der Waals surface area contributed by atoms with E-state index in [9.17, 15) is 21.6 Å². The minimum absolute atomic E-state index is 0.357. The number of thioether (sulfide) groups is 1. The van der Waals surface area contributed by atoms with Gasteiger partial charge in [0.2, 0.25) is 0 Å². The van der Waals surface area contributed by atoms with Crippen LogP contribution in [0.25, 0.3) is 0 Å². The number of alkyl halides is 3. The molecule has 0 atom stereocenters. The summed E-state index contributed by atoms with van der Waals surface area (Å²) in [5.41, 5.74) is -5.45. The van der Waals surface area contributed by atoms with Crippen molar-refractivity contribution in [1.82, 2.24) is 0 Å². The lowest BCUT2D eigenvalue weighted by Crippen LogP contribution is -2.28. The van der Waals surface area contributed by atoms with Crippen molar-refractivity contribution < 1.29 is 30.5 Å². The van der Waals surface area contributed by atoms with Crippen molar-refractivity contribution in [2.75, 3.05) is 0 Å². The van der Waals surface area contributed by atoms with Crippen molar-refractivity contribution in [3.8, 4) is 11.5 Å². The van der Waals surface area contributed by atoms with Gasteiger partial charge in [0.1, 0.15) is 11.5 Å². The maximum atomic E-state index is 12.3. The van der Waals surface area contributed by atoms with E-state index < -0.39 is 21.4 Å². The molecule has 1 aromatic carbocycles. The second kappa shape index (κ2) is 4.70. The molecule has 4 nitrogen and oxygen atoms in total. The molecule has 21 heavy (non-hydrogen) atoms. The number of halogens is 3. The monoisotopic (exact) mass is 340 g/mol. The van der Waals surface area contributed by atoms with Crippen molar-refractivity contribution in [2.24, 2.45) is 0 Å². The summed E-state index contributed by atoms with van der Waals surface area (Å²) >= 11 is 1.53. The molecule has 2 aliphatic rings. The molecule has 1 fully saturated rings. The molecule has 0 N–H and O–H groups in total. The molecule has 1 heterocycles. The first-order valence-corrected chi connectivity index (χ1v) is 8.46. The minimum Gasteiger partial charge on any atom is -0.475 e. The predicted molar refractivity (Wildman–Crippen MR) is 69.7 cm³/mol. The number of benzene rings is 1. The first-order valence-electron chi connectivity index (χ1n) is 6.24. The van der Waals surface area contributed by atoms with E-state index in [1.54, 1.807) is 0 Å². The molecular weight excluding hydrogens is 329 g/mol. The molecule has 0 unspecified atom stereocenters. The van der Waals surface area contributed by atoms with Crippen LogP contribution in [0.4, 0.5) is 13.2 Å². The van der Waals surface area contributed by atoms with E-state index in [-0.39, 0.29) is 4.93 Å². The van der Waals surface area contributed by atoms with Crippen LogP contribution in [-0.2, 0) is 10.1 Å². The summed E-state index contributed by atoms with van der Waals surface area (Å²) in [6, 6.07) is 3.92. The van der Waals surface area contributed by atoms with Crippen molar-refractivity contribution in [1.29, 1.82) is 0 Å². The predicted octanol–water partition coefficient (Wildman–Crippen LogP) is 3.67. The standard InChI is InChI=1S/C12H11F3O4S2/c13-12(14,15)21(16,17)19-8-3-4-10-9(7-8)18-11(20-10)5-1-2-6-11/h3-4,7H,1-2,5-6H2. The molecule has 0 saturated heterocycles. The summed E-state index contributed by atoms with van der Waals surface area (Å²) < 4.78 is 68.7. The highest BCUT2D eigenvalue weighted by Crippen LogP contribution is 2.55. The molecule has 116 valence electrons. The van der Waals surface area contributed by atoms with E-state index in [4.69, 9.17) is 4.74 Å². The molecule has 1 aliphatic heterocycles. The second-order valence-corrected chi connectivity index (χ2v) is 7.84. The zero-order valence-corrected chi connectivity index (χ0v) is 12.3. The fraction of sp³-hybridized carbons (Fsp3) is 0.500. The van der Waals surface area contributed by atoms with Gasteiger partial charge in [0.05, 0.1) is 4.90 Å². The fourth-order valence-electron chi connectivity index (χ4n) is 2.42. The smallest absolute Gasteiger partial charge is 0.475 e. The Hall–Kier alpha value is -1.09. The first kappa shape index (κ1) is 14.8. The van der Waals surface area contributed by atoms with Gasteiger partial charge in [0.15, 0.2) is 4.93 Å². The lowest BCUT2D eigenvalue weighted by atomic mass is 10.3.